The quantitative estimate of drug-likeness (QED) is 0.653. The lowest BCUT2D eigenvalue weighted by Gasteiger charge is -2.26. The summed E-state index contributed by atoms with van der Waals surface area (Å²) < 4.78 is 0. The van der Waals surface area contributed by atoms with Crippen LogP contribution in [0.25, 0.3) is 0 Å². The second-order valence-corrected chi connectivity index (χ2v) is 7.02. The van der Waals surface area contributed by atoms with Crippen molar-refractivity contribution in [3.63, 3.8) is 0 Å². The third-order valence-electron chi connectivity index (χ3n) is 4.26. The molecule has 0 unspecified atom stereocenters. The fourth-order valence-corrected chi connectivity index (χ4v) is 2.97. The van der Waals surface area contributed by atoms with Gasteiger partial charge in [-0.1, -0.05) is 41.4 Å². The van der Waals surface area contributed by atoms with Crippen LogP contribution in [0.1, 0.15) is 18.9 Å². The Bertz CT molecular complexity index is 771. The fourth-order valence-electron chi connectivity index (χ4n) is 2.65. The molecule has 0 fully saturated rings. The van der Waals surface area contributed by atoms with Gasteiger partial charge in [-0.3, -0.25) is 0 Å². The summed E-state index contributed by atoms with van der Waals surface area (Å²) >= 11 is 12.1. The monoisotopic (exact) mass is 409 g/mol. The molecule has 2 N–H and O–H groups in total. The van der Waals surface area contributed by atoms with Crippen molar-refractivity contribution in [3.8, 4) is 0 Å². The second-order valence-electron chi connectivity index (χ2n) is 6.21. The van der Waals surface area contributed by atoms with E-state index in [0.29, 0.717) is 29.6 Å². The zero-order valence-corrected chi connectivity index (χ0v) is 17.1. The number of hydrogen-bond donors (Lipinski definition) is 2. The lowest BCUT2D eigenvalue weighted by molar-refractivity contribution is 0.199. The first kappa shape index (κ1) is 21.4. The predicted octanol–water partition coefficient (Wildman–Crippen LogP) is 4.87. The highest BCUT2D eigenvalue weighted by atomic mass is 35.5. The van der Waals surface area contributed by atoms with Gasteiger partial charge in [0.15, 0.2) is 0 Å². The number of carbonyl (C=O) groups excluding carboxylic acids is 1. The minimum absolute atomic E-state index is 0.0142. The first-order chi connectivity index (χ1) is 13.0. The Balaban J connectivity index is 2.18. The molecule has 2 aromatic carbocycles. The number of aliphatic hydroxyl groups is 1. The molecule has 0 spiro atoms. The highest BCUT2D eigenvalue weighted by Crippen LogP contribution is 2.26. The maximum absolute atomic E-state index is 12.9. The summed E-state index contributed by atoms with van der Waals surface area (Å²) in [6, 6.07) is 12.8. The topological polar surface area (TPSA) is 55.8 Å². The first-order valence-corrected chi connectivity index (χ1v) is 9.62. The summed E-state index contributed by atoms with van der Waals surface area (Å²) in [5.41, 5.74) is 2.57. The van der Waals surface area contributed by atoms with Crippen molar-refractivity contribution in [3.05, 3.63) is 58.1 Å². The van der Waals surface area contributed by atoms with E-state index in [9.17, 15) is 9.90 Å². The van der Waals surface area contributed by atoms with Crippen LogP contribution in [0.15, 0.2) is 42.5 Å². The van der Waals surface area contributed by atoms with Gasteiger partial charge in [-0.05, 0) is 43.2 Å². The van der Waals surface area contributed by atoms with E-state index >= 15 is 0 Å². The zero-order valence-electron chi connectivity index (χ0n) is 15.6. The second kappa shape index (κ2) is 10.4. The van der Waals surface area contributed by atoms with Crippen molar-refractivity contribution < 1.29 is 9.90 Å². The summed E-state index contributed by atoms with van der Waals surface area (Å²) in [6.07, 6.45) is 0.491. The number of urea groups is 1. The summed E-state index contributed by atoms with van der Waals surface area (Å²) in [5.74, 6) is 0. The third-order valence-corrected chi connectivity index (χ3v) is 5.00. The molecule has 0 aliphatic heterocycles. The van der Waals surface area contributed by atoms with Crippen LogP contribution < -0.4 is 10.2 Å². The Morgan fingerprint density at radius 2 is 1.89 bits per heavy atom. The average Bonchev–Trinajstić information content (AvgIpc) is 2.67. The predicted molar refractivity (Wildman–Crippen MR) is 113 cm³/mol. The van der Waals surface area contributed by atoms with Crippen LogP contribution in [-0.2, 0) is 6.54 Å². The van der Waals surface area contributed by atoms with E-state index in [1.54, 1.807) is 17.0 Å². The normalized spacial score (nSPS) is 10.6. The van der Waals surface area contributed by atoms with E-state index in [1.807, 2.05) is 37.4 Å². The number of rotatable bonds is 8. The van der Waals surface area contributed by atoms with E-state index in [4.69, 9.17) is 23.2 Å². The van der Waals surface area contributed by atoms with Gasteiger partial charge in [-0.2, -0.15) is 0 Å². The van der Waals surface area contributed by atoms with E-state index < -0.39 is 0 Å². The Morgan fingerprint density at radius 1 is 1.15 bits per heavy atom. The molecule has 0 bridgehead atoms. The minimum Gasteiger partial charge on any atom is -0.396 e. The molecular formula is C20H25Cl2N3O2. The average molecular weight is 410 g/mol. The Kier molecular flexibility index (Phi) is 8.23. The van der Waals surface area contributed by atoms with Gasteiger partial charge in [0.1, 0.15) is 0 Å². The Labute approximate surface area is 170 Å². The van der Waals surface area contributed by atoms with Crippen LogP contribution in [-0.4, -0.2) is 42.8 Å². The van der Waals surface area contributed by atoms with E-state index in [-0.39, 0.29) is 12.6 Å². The van der Waals surface area contributed by atoms with E-state index in [1.165, 1.54) is 0 Å². The van der Waals surface area contributed by atoms with Crippen LogP contribution in [0.5, 0.6) is 0 Å². The van der Waals surface area contributed by atoms with Crippen molar-refractivity contribution in [2.75, 3.05) is 37.0 Å². The van der Waals surface area contributed by atoms with Gasteiger partial charge in [-0.15, -0.1) is 0 Å². The summed E-state index contributed by atoms with van der Waals surface area (Å²) in [7, 11) is 1.98. The van der Waals surface area contributed by atoms with Gasteiger partial charge < -0.3 is 20.2 Å². The molecule has 27 heavy (non-hydrogen) atoms. The molecule has 0 radical (unpaired) electrons. The molecule has 2 amide bonds. The van der Waals surface area contributed by atoms with Crippen molar-refractivity contribution in [1.82, 2.24) is 4.90 Å². The number of halogens is 2. The molecule has 0 heterocycles. The van der Waals surface area contributed by atoms with Gasteiger partial charge in [0.25, 0.3) is 0 Å². The number of hydrogen-bond acceptors (Lipinski definition) is 3. The SMILES string of the molecule is CCN(C)c1ccccc1NC(=O)N(CCCO)Cc1ccc(Cl)c(Cl)c1. The highest BCUT2D eigenvalue weighted by Gasteiger charge is 2.16. The molecule has 0 saturated carbocycles. The van der Waals surface area contributed by atoms with Crippen LogP contribution in [0.3, 0.4) is 0 Å². The van der Waals surface area contributed by atoms with E-state index in [2.05, 4.69) is 17.1 Å². The van der Waals surface area contributed by atoms with Crippen molar-refractivity contribution in [2.45, 2.75) is 19.9 Å². The van der Waals surface area contributed by atoms with Crippen LogP contribution >= 0.6 is 23.2 Å². The van der Waals surface area contributed by atoms with Gasteiger partial charge >= 0.3 is 6.03 Å². The maximum atomic E-state index is 12.9. The standard InChI is InChI=1S/C20H25Cl2N3O2/c1-3-24(2)19-8-5-4-7-18(19)23-20(27)25(11-6-12-26)14-15-9-10-16(21)17(22)13-15/h4-5,7-10,13,26H,3,6,11-12,14H2,1-2H3,(H,23,27). The van der Waals surface area contributed by atoms with Crippen molar-refractivity contribution in [1.29, 1.82) is 0 Å². The number of benzene rings is 2. The van der Waals surface area contributed by atoms with Crippen LogP contribution in [0.4, 0.5) is 16.2 Å². The number of carbonyl (C=O) groups is 1. The maximum Gasteiger partial charge on any atom is 0.322 e. The summed E-state index contributed by atoms with van der Waals surface area (Å²) in [4.78, 5) is 16.6. The summed E-state index contributed by atoms with van der Waals surface area (Å²) in [6.45, 7) is 3.68. The van der Waals surface area contributed by atoms with Crippen molar-refractivity contribution >= 4 is 40.6 Å². The number of para-hydroxylation sites is 2. The summed E-state index contributed by atoms with van der Waals surface area (Å²) in [5, 5.41) is 13.1. The number of anilines is 2. The molecule has 5 nitrogen and oxygen atoms in total. The molecule has 0 aliphatic rings. The number of aliphatic hydroxyl groups excluding tert-OH is 1. The zero-order chi connectivity index (χ0) is 19.8. The lowest BCUT2D eigenvalue weighted by atomic mass is 10.2. The Morgan fingerprint density at radius 3 is 2.56 bits per heavy atom. The molecule has 0 atom stereocenters. The molecule has 146 valence electrons. The molecule has 0 aliphatic carbocycles. The molecule has 7 heteroatoms. The fraction of sp³-hybridized carbons (Fsp3) is 0.350. The molecule has 0 saturated heterocycles. The lowest BCUT2D eigenvalue weighted by Crippen LogP contribution is -2.36. The molecule has 0 aromatic heterocycles. The van der Waals surface area contributed by atoms with Crippen molar-refractivity contribution in [2.24, 2.45) is 0 Å². The highest BCUT2D eigenvalue weighted by molar-refractivity contribution is 6.42. The third kappa shape index (κ3) is 6.03. The van der Waals surface area contributed by atoms with Crippen LogP contribution in [0.2, 0.25) is 10.0 Å². The largest absolute Gasteiger partial charge is 0.396 e. The van der Waals surface area contributed by atoms with E-state index in [0.717, 1.165) is 23.5 Å². The smallest absolute Gasteiger partial charge is 0.322 e. The molecule has 2 rings (SSSR count). The van der Waals surface area contributed by atoms with Gasteiger partial charge in [0.05, 0.1) is 21.4 Å². The van der Waals surface area contributed by atoms with Crippen LogP contribution in [0, 0.1) is 0 Å². The minimum atomic E-state index is -0.230. The van der Waals surface area contributed by atoms with Gasteiger partial charge in [0.2, 0.25) is 0 Å². The molecular weight excluding hydrogens is 385 g/mol. The number of nitrogens with one attached hydrogen (secondary N) is 1. The molecule has 2 aromatic rings. The Hall–Kier alpha value is -1.95. The number of amides is 2. The van der Waals surface area contributed by atoms with Gasteiger partial charge in [0, 0.05) is 33.3 Å². The number of nitrogens with zero attached hydrogens (tertiary/aromatic N) is 2. The van der Waals surface area contributed by atoms with Gasteiger partial charge in [-0.25, -0.2) is 4.79 Å². The first-order valence-electron chi connectivity index (χ1n) is 8.87.